The van der Waals surface area contributed by atoms with E-state index in [0.717, 1.165) is 27.9 Å². The van der Waals surface area contributed by atoms with Gasteiger partial charge in [-0.2, -0.15) is 0 Å². The van der Waals surface area contributed by atoms with Gasteiger partial charge in [0, 0.05) is 58.9 Å². The monoisotopic (exact) mass is 732 g/mol. The molecule has 0 fully saturated rings. The van der Waals surface area contributed by atoms with Crippen molar-refractivity contribution in [3.63, 3.8) is 0 Å². The van der Waals surface area contributed by atoms with Gasteiger partial charge in [-0.05, 0) is 47.0 Å². The van der Waals surface area contributed by atoms with Crippen LogP contribution in [0.5, 0.6) is 0 Å². The minimum absolute atomic E-state index is 0.643. The molecule has 0 unspecified atom stereocenters. The molecule has 0 radical (unpaired) electrons. The number of para-hydroxylation sites is 1. The maximum Gasteiger partial charge on any atom is 0.164 e. The SMILES string of the molecule is c1ccc(-c2nc(-c3ccccc3)nc(-c3ccc(-c4cccc5c4c4ccccc4n5-c4cc(-c5ccccc5)c5sc6ccccc6c5c4)cc3)n2)cc1. The van der Waals surface area contributed by atoms with Crippen LogP contribution in [-0.2, 0) is 0 Å². The molecule has 0 saturated heterocycles. The molecule has 262 valence electrons. The second-order valence-corrected chi connectivity index (χ2v) is 15.1. The highest BCUT2D eigenvalue weighted by Gasteiger charge is 2.20. The van der Waals surface area contributed by atoms with E-state index in [1.54, 1.807) is 0 Å². The molecule has 0 atom stereocenters. The van der Waals surface area contributed by atoms with Gasteiger partial charge in [0.15, 0.2) is 17.5 Å². The largest absolute Gasteiger partial charge is 0.309 e. The number of thiophene rings is 1. The van der Waals surface area contributed by atoms with Gasteiger partial charge in [0.2, 0.25) is 0 Å². The van der Waals surface area contributed by atoms with Gasteiger partial charge < -0.3 is 4.57 Å². The molecule has 0 saturated carbocycles. The highest BCUT2D eigenvalue weighted by atomic mass is 32.1. The van der Waals surface area contributed by atoms with E-state index in [0.29, 0.717) is 17.5 Å². The van der Waals surface area contributed by atoms with E-state index < -0.39 is 0 Å². The molecule has 3 aromatic heterocycles. The van der Waals surface area contributed by atoms with Gasteiger partial charge in [-0.15, -0.1) is 11.3 Å². The van der Waals surface area contributed by atoms with Gasteiger partial charge in [0.25, 0.3) is 0 Å². The zero-order valence-corrected chi connectivity index (χ0v) is 31.0. The van der Waals surface area contributed by atoms with Crippen molar-refractivity contribution in [1.82, 2.24) is 19.5 Å². The maximum absolute atomic E-state index is 4.97. The van der Waals surface area contributed by atoms with Crippen molar-refractivity contribution in [2.24, 2.45) is 0 Å². The number of benzene rings is 8. The Labute approximate surface area is 327 Å². The topological polar surface area (TPSA) is 43.6 Å². The summed E-state index contributed by atoms with van der Waals surface area (Å²) in [6.45, 7) is 0. The molecule has 11 rings (SSSR count). The van der Waals surface area contributed by atoms with Crippen LogP contribution in [0.1, 0.15) is 0 Å². The Morgan fingerprint density at radius 3 is 1.52 bits per heavy atom. The number of fused-ring (bicyclic) bond motifs is 6. The lowest BCUT2D eigenvalue weighted by atomic mass is 9.98. The summed E-state index contributed by atoms with van der Waals surface area (Å²) in [5.74, 6) is 1.95. The molecule has 0 N–H and O–H groups in total. The molecular formula is C51H32N4S. The van der Waals surface area contributed by atoms with Crippen molar-refractivity contribution < 1.29 is 0 Å². The van der Waals surface area contributed by atoms with Crippen LogP contribution in [0.2, 0.25) is 0 Å². The summed E-state index contributed by atoms with van der Waals surface area (Å²) in [4.78, 5) is 14.8. The average molecular weight is 733 g/mol. The maximum atomic E-state index is 4.97. The van der Waals surface area contributed by atoms with Crippen molar-refractivity contribution in [3.8, 4) is 62.1 Å². The molecule has 56 heavy (non-hydrogen) atoms. The quantitative estimate of drug-likeness (QED) is 0.171. The Hall–Kier alpha value is -7.21. The third kappa shape index (κ3) is 5.40. The molecule has 0 aliphatic carbocycles. The fourth-order valence-electron chi connectivity index (χ4n) is 8.05. The summed E-state index contributed by atoms with van der Waals surface area (Å²) in [6.07, 6.45) is 0. The summed E-state index contributed by atoms with van der Waals surface area (Å²) >= 11 is 1.87. The minimum Gasteiger partial charge on any atom is -0.309 e. The van der Waals surface area contributed by atoms with E-state index in [-0.39, 0.29) is 0 Å². The Morgan fingerprint density at radius 1 is 0.357 bits per heavy atom. The average Bonchev–Trinajstić information content (AvgIpc) is 3.83. The Balaban J connectivity index is 1.08. The lowest BCUT2D eigenvalue weighted by molar-refractivity contribution is 1.07. The summed E-state index contributed by atoms with van der Waals surface area (Å²) in [5, 5.41) is 5.02. The summed E-state index contributed by atoms with van der Waals surface area (Å²) < 4.78 is 5.06. The first-order valence-electron chi connectivity index (χ1n) is 18.8. The van der Waals surface area contributed by atoms with E-state index in [2.05, 4.69) is 138 Å². The van der Waals surface area contributed by atoms with Crippen molar-refractivity contribution >= 4 is 53.3 Å². The number of nitrogens with zero attached hydrogens (tertiary/aromatic N) is 4. The third-order valence-corrected chi connectivity index (χ3v) is 11.9. The van der Waals surface area contributed by atoms with Gasteiger partial charge in [0.1, 0.15) is 0 Å². The fraction of sp³-hybridized carbons (Fsp3) is 0. The number of hydrogen-bond donors (Lipinski definition) is 0. The lowest BCUT2D eigenvalue weighted by Crippen LogP contribution is -2.00. The summed E-state index contributed by atoms with van der Waals surface area (Å²) in [6, 6.07) is 68.7. The molecular weight excluding hydrogens is 701 g/mol. The number of hydrogen-bond acceptors (Lipinski definition) is 4. The van der Waals surface area contributed by atoms with E-state index in [4.69, 9.17) is 15.0 Å². The molecule has 5 heteroatoms. The minimum atomic E-state index is 0.643. The Morgan fingerprint density at radius 2 is 0.857 bits per heavy atom. The molecule has 4 nitrogen and oxygen atoms in total. The summed E-state index contributed by atoms with van der Waals surface area (Å²) in [5.41, 5.74) is 11.1. The van der Waals surface area contributed by atoms with Crippen molar-refractivity contribution in [2.45, 2.75) is 0 Å². The highest BCUT2D eigenvalue weighted by Crippen LogP contribution is 2.44. The van der Waals surface area contributed by atoms with Crippen molar-refractivity contribution in [1.29, 1.82) is 0 Å². The van der Waals surface area contributed by atoms with Crippen LogP contribution in [-0.4, -0.2) is 19.5 Å². The highest BCUT2D eigenvalue weighted by molar-refractivity contribution is 7.26. The van der Waals surface area contributed by atoms with Gasteiger partial charge in [0.05, 0.1) is 11.0 Å². The van der Waals surface area contributed by atoms with Gasteiger partial charge in [-0.1, -0.05) is 164 Å². The third-order valence-electron chi connectivity index (χ3n) is 10.7. The predicted octanol–water partition coefficient (Wildman–Crippen LogP) is 13.7. The molecule has 0 spiro atoms. The second kappa shape index (κ2) is 13.3. The van der Waals surface area contributed by atoms with Crippen LogP contribution in [0, 0.1) is 0 Å². The second-order valence-electron chi connectivity index (χ2n) is 14.0. The van der Waals surface area contributed by atoms with Crippen LogP contribution >= 0.6 is 11.3 Å². The van der Waals surface area contributed by atoms with Gasteiger partial charge in [-0.25, -0.2) is 15.0 Å². The molecule has 0 bridgehead atoms. The van der Waals surface area contributed by atoms with Crippen molar-refractivity contribution in [2.75, 3.05) is 0 Å². The fourth-order valence-corrected chi connectivity index (χ4v) is 9.27. The molecule has 3 heterocycles. The first-order chi connectivity index (χ1) is 27.8. The Bertz CT molecular complexity index is 3160. The van der Waals surface area contributed by atoms with Crippen LogP contribution in [0.25, 0.3) is 104 Å². The Kier molecular flexibility index (Phi) is 7.64. The van der Waals surface area contributed by atoms with Crippen LogP contribution in [0.3, 0.4) is 0 Å². The number of aromatic nitrogens is 4. The number of rotatable bonds is 6. The van der Waals surface area contributed by atoms with Crippen molar-refractivity contribution in [3.05, 3.63) is 194 Å². The summed E-state index contributed by atoms with van der Waals surface area (Å²) in [7, 11) is 0. The van der Waals surface area contributed by atoms with Gasteiger partial charge >= 0.3 is 0 Å². The molecule has 0 aliphatic rings. The molecule has 8 aromatic carbocycles. The van der Waals surface area contributed by atoms with Crippen LogP contribution in [0.4, 0.5) is 0 Å². The molecule has 0 aliphatic heterocycles. The zero-order valence-electron chi connectivity index (χ0n) is 30.2. The molecule has 11 aromatic rings. The van der Waals surface area contributed by atoms with E-state index >= 15 is 0 Å². The zero-order chi connectivity index (χ0) is 37.0. The molecule has 0 amide bonds. The first kappa shape index (κ1) is 32.2. The van der Waals surface area contributed by atoms with E-state index in [1.807, 2.05) is 72.0 Å². The van der Waals surface area contributed by atoms with E-state index in [1.165, 1.54) is 58.7 Å². The van der Waals surface area contributed by atoms with E-state index in [9.17, 15) is 0 Å². The smallest absolute Gasteiger partial charge is 0.164 e. The predicted molar refractivity (Wildman–Crippen MR) is 234 cm³/mol. The van der Waals surface area contributed by atoms with Crippen LogP contribution in [0.15, 0.2) is 194 Å². The lowest BCUT2D eigenvalue weighted by Gasteiger charge is -2.13. The van der Waals surface area contributed by atoms with Gasteiger partial charge in [-0.3, -0.25) is 0 Å². The normalized spacial score (nSPS) is 11.6. The first-order valence-corrected chi connectivity index (χ1v) is 19.6. The van der Waals surface area contributed by atoms with Crippen LogP contribution < -0.4 is 0 Å². The standard InChI is InChI=1S/C51H32N4S/c1-4-15-33(16-5-1)42-31-38(32-43-40-21-11-13-26-46(40)56-48(42)43)55-44-24-12-10-22-41(44)47-39(23-14-25-45(47)55)34-27-29-37(30-28-34)51-53-49(35-17-6-2-7-18-35)52-50(54-51)36-19-8-3-9-20-36/h1-32H.